The van der Waals surface area contributed by atoms with Crippen LogP contribution in [0.4, 0.5) is 0 Å². The van der Waals surface area contributed by atoms with Gasteiger partial charge in [-0.2, -0.15) is 0 Å². The monoisotopic (exact) mass is 258 g/mol. The minimum Gasteiger partial charge on any atom is -0.454 e. The molecule has 1 N–H and O–H groups in total. The van der Waals surface area contributed by atoms with E-state index < -0.39 is 6.10 Å². The van der Waals surface area contributed by atoms with Gasteiger partial charge in [0.25, 0.3) is 0 Å². The van der Waals surface area contributed by atoms with Crippen molar-refractivity contribution in [1.82, 2.24) is 0 Å². The normalized spacial score (nSPS) is 17.9. The number of alkyl halides is 1. The van der Waals surface area contributed by atoms with E-state index in [0.717, 1.165) is 11.3 Å². The van der Waals surface area contributed by atoms with Gasteiger partial charge < -0.3 is 14.6 Å². The number of ether oxygens (including phenoxy) is 2. The summed E-state index contributed by atoms with van der Waals surface area (Å²) in [6.45, 7) is 2.16. The van der Waals surface area contributed by atoms with Gasteiger partial charge in [-0.05, 0) is 24.6 Å². The number of aliphatic hydroxyl groups is 1. The molecule has 0 saturated heterocycles. The van der Waals surface area contributed by atoms with Gasteiger partial charge in [0.2, 0.25) is 6.79 Å². The lowest BCUT2D eigenvalue weighted by Gasteiger charge is -2.13. The molecule has 1 aliphatic heterocycles. The van der Waals surface area contributed by atoms with Gasteiger partial charge in [0.15, 0.2) is 11.5 Å². The molecular formula is C10H11BrO3. The number of rotatable bonds is 2. The van der Waals surface area contributed by atoms with Gasteiger partial charge >= 0.3 is 0 Å². The highest BCUT2D eigenvalue weighted by molar-refractivity contribution is 9.09. The van der Waals surface area contributed by atoms with Crippen molar-refractivity contribution in [3.8, 4) is 11.5 Å². The Hall–Kier alpha value is -0.740. The molecule has 0 bridgehead atoms. The molecule has 0 aromatic heterocycles. The van der Waals surface area contributed by atoms with Gasteiger partial charge in [0, 0.05) is 4.83 Å². The molecule has 0 aliphatic carbocycles. The zero-order valence-electron chi connectivity index (χ0n) is 7.74. The van der Waals surface area contributed by atoms with Crippen molar-refractivity contribution in [2.24, 2.45) is 0 Å². The lowest BCUT2D eigenvalue weighted by molar-refractivity contribution is 0.172. The molecule has 76 valence electrons. The molecule has 0 spiro atoms. The van der Waals surface area contributed by atoms with Crippen LogP contribution >= 0.6 is 15.9 Å². The van der Waals surface area contributed by atoms with Gasteiger partial charge in [-0.15, -0.1) is 0 Å². The topological polar surface area (TPSA) is 38.7 Å². The van der Waals surface area contributed by atoms with Crippen LogP contribution in [-0.4, -0.2) is 16.7 Å². The molecule has 0 radical (unpaired) electrons. The van der Waals surface area contributed by atoms with E-state index in [1.165, 1.54) is 0 Å². The average Bonchev–Trinajstić information content (AvgIpc) is 2.62. The summed E-state index contributed by atoms with van der Waals surface area (Å²) < 4.78 is 10.4. The van der Waals surface area contributed by atoms with E-state index in [-0.39, 0.29) is 11.6 Å². The van der Waals surface area contributed by atoms with E-state index in [1.807, 2.05) is 25.1 Å². The zero-order chi connectivity index (χ0) is 10.1. The highest BCUT2D eigenvalue weighted by atomic mass is 79.9. The molecule has 0 amide bonds. The Bertz CT molecular complexity index is 338. The largest absolute Gasteiger partial charge is 0.454 e. The summed E-state index contributed by atoms with van der Waals surface area (Å²) in [5, 5.41) is 9.79. The number of hydrogen-bond donors (Lipinski definition) is 1. The van der Waals surface area contributed by atoms with Crippen LogP contribution in [0.15, 0.2) is 18.2 Å². The van der Waals surface area contributed by atoms with Crippen molar-refractivity contribution in [3.63, 3.8) is 0 Å². The molecule has 14 heavy (non-hydrogen) atoms. The van der Waals surface area contributed by atoms with Crippen LogP contribution < -0.4 is 9.47 Å². The van der Waals surface area contributed by atoms with Gasteiger partial charge in [0.05, 0.1) is 6.10 Å². The van der Waals surface area contributed by atoms with Crippen LogP contribution in [0, 0.1) is 0 Å². The second kappa shape index (κ2) is 3.79. The predicted octanol–water partition coefficient (Wildman–Crippen LogP) is 2.23. The molecule has 1 aromatic rings. The SMILES string of the molecule is CC(Br)C(O)c1ccc2c(c1)OCO2. The first-order valence-electron chi connectivity index (χ1n) is 4.40. The van der Waals surface area contributed by atoms with Crippen LogP contribution in [0.5, 0.6) is 11.5 Å². The molecule has 2 rings (SSSR count). The third-order valence-corrected chi connectivity index (χ3v) is 2.67. The van der Waals surface area contributed by atoms with Crippen LogP contribution in [0.25, 0.3) is 0 Å². The molecule has 2 unspecified atom stereocenters. The van der Waals surface area contributed by atoms with E-state index in [0.29, 0.717) is 5.75 Å². The Balaban J connectivity index is 2.28. The van der Waals surface area contributed by atoms with Crippen molar-refractivity contribution in [2.45, 2.75) is 17.9 Å². The molecular weight excluding hydrogens is 248 g/mol. The maximum Gasteiger partial charge on any atom is 0.231 e. The van der Waals surface area contributed by atoms with Crippen molar-refractivity contribution >= 4 is 15.9 Å². The molecule has 1 aromatic carbocycles. The summed E-state index contributed by atoms with van der Waals surface area (Å²) in [4.78, 5) is 0.0165. The van der Waals surface area contributed by atoms with E-state index in [9.17, 15) is 5.11 Å². The van der Waals surface area contributed by atoms with Crippen molar-refractivity contribution in [2.75, 3.05) is 6.79 Å². The second-order valence-electron chi connectivity index (χ2n) is 3.24. The Labute approximate surface area is 90.8 Å². The van der Waals surface area contributed by atoms with E-state index >= 15 is 0 Å². The number of hydrogen-bond acceptors (Lipinski definition) is 3. The molecule has 1 aliphatic rings. The van der Waals surface area contributed by atoms with Crippen LogP contribution in [0.3, 0.4) is 0 Å². The first-order chi connectivity index (χ1) is 6.68. The average molecular weight is 259 g/mol. The van der Waals surface area contributed by atoms with E-state index in [1.54, 1.807) is 0 Å². The fraction of sp³-hybridized carbons (Fsp3) is 0.400. The minimum atomic E-state index is -0.524. The van der Waals surface area contributed by atoms with Gasteiger partial charge in [0.1, 0.15) is 0 Å². The Morgan fingerprint density at radius 3 is 2.79 bits per heavy atom. The second-order valence-corrected chi connectivity index (χ2v) is 4.68. The van der Waals surface area contributed by atoms with E-state index in [2.05, 4.69) is 15.9 Å². The molecule has 3 nitrogen and oxygen atoms in total. The fourth-order valence-corrected chi connectivity index (χ4v) is 1.67. The smallest absolute Gasteiger partial charge is 0.231 e. The summed E-state index contributed by atoms with van der Waals surface area (Å²) >= 11 is 3.34. The lowest BCUT2D eigenvalue weighted by atomic mass is 10.1. The summed E-state index contributed by atoms with van der Waals surface area (Å²) in [6.07, 6.45) is -0.524. The summed E-state index contributed by atoms with van der Waals surface area (Å²) in [7, 11) is 0. The van der Waals surface area contributed by atoms with Crippen LogP contribution in [-0.2, 0) is 0 Å². The molecule has 0 fully saturated rings. The Morgan fingerprint density at radius 1 is 1.36 bits per heavy atom. The van der Waals surface area contributed by atoms with Crippen molar-refractivity contribution in [3.05, 3.63) is 23.8 Å². The van der Waals surface area contributed by atoms with Crippen molar-refractivity contribution in [1.29, 1.82) is 0 Å². The third-order valence-electron chi connectivity index (χ3n) is 2.17. The molecule has 1 heterocycles. The lowest BCUT2D eigenvalue weighted by Crippen LogP contribution is -2.07. The predicted molar refractivity (Wildman–Crippen MR) is 55.9 cm³/mol. The van der Waals surface area contributed by atoms with Gasteiger partial charge in [-0.1, -0.05) is 22.0 Å². The summed E-state index contributed by atoms with van der Waals surface area (Å²) in [5.41, 5.74) is 0.832. The first-order valence-corrected chi connectivity index (χ1v) is 5.32. The summed E-state index contributed by atoms with van der Waals surface area (Å²) in [5.74, 6) is 1.44. The quantitative estimate of drug-likeness (QED) is 0.828. The Kier molecular flexibility index (Phi) is 2.65. The maximum absolute atomic E-state index is 9.79. The molecule has 4 heteroatoms. The van der Waals surface area contributed by atoms with E-state index in [4.69, 9.17) is 9.47 Å². The molecule has 2 atom stereocenters. The summed E-state index contributed by atoms with van der Waals surface area (Å²) in [6, 6.07) is 5.47. The number of aliphatic hydroxyl groups excluding tert-OH is 1. The minimum absolute atomic E-state index is 0.0165. The third kappa shape index (κ3) is 1.72. The first kappa shape index (κ1) is 9.80. The van der Waals surface area contributed by atoms with Crippen LogP contribution in [0.1, 0.15) is 18.6 Å². The maximum atomic E-state index is 9.79. The number of fused-ring (bicyclic) bond motifs is 1. The van der Waals surface area contributed by atoms with Crippen LogP contribution in [0.2, 0.25) is 0 Å². The fourth-order valence-electron chi connectivity index (χ4n) is 1.36. The number of benzene rings is 1. The standard InChI is InChI=1S/C10H11BrO3/c1-6(11)10(12)7-2-3-8-9(4-7)14-5-13-8/h2-4,6,10,12H,5H2,1H3. The highest BCUT2D eigenvalue weighted by Gasteiger charge is 2.18. The Morgan fingerprint density at radius 2 is 2.07 bits per heavy atom. The van der Waals surface area contributed by atoms with Gasteiger partial charge in [-0.25, -0.2) is 0 Å². The molecule has 0 saturated carbocycles. The zero-order valence-corrected chi connectivity index (χ0v) is 9.32. The highest BCUT2D eigenvalue weighted by Crippen LogP contribution is 2.35. The number of halogens is 1. The van der Waals surface area contributed by atoms with Crippen molar-refractivity contribution < 1.29 is 14.6 Å². The van der Waals surface area contributed by atoms with Gasteiger partial charge in [-0.3, -0.25) is 0 Å².